The van der Waals surface area contributed by atoms with Crippen LogP contribution in [0.1, 0.15) is 19.8 Å². The summed E-state index contributed by atoms with van der Waals surface area (Å²) in [7, 11) is 0. The molecular weight excluding hydrogens is 172 g/mol. The lowest BCUT2D eigenvalue weighted by Gasteiger charge is -2.06. The van der Waals surface area contributed by atoms with Gasteiger partial charge in [0.15, 0.2) is 0 Å². The molecule has 0 fully saturated rings. The van der Waals surface area contributed by atoms with Crippen molar-refractivity contribution in [1.82, 2.24) is 5.32 Å². The van der Waals surface area contributed by atoms with E-state index in [-0.39, 0.29) is 11.9 Å². The SMILES string of the molecule is CSCCCNC(=O)CC(C)N. The van der Waals surface area contributed by atoms with Crippen molar-refractivity contribution in [3.8, 4) is 0 Å². The number of nitrogens with one attached hydrogen (secondary N) is 1. The Morgan fingerprint density at radius 3 is 2.83 bits per heavy atom. The van der Waals surface area contributed by atoms with Gasteiger partial charge in [0, 0.05) is 19.0 Å². The van der Waals surface area contributed by atoms with Crippen LogP contribution in [0.2, 0.25) is 0 Å². The van der Waals surface area contributed by atoms with Gasteiger partial charge in [-0.2, -0.15) is 11.8 Å². The molecule has 0 bridgehead atoms. The summed E-state index contributed by atoms with van der Waals surface area (Å²) < 4.78 is 0. The maximum absolute atomic E-state index is 11.0. The van der Waals surface area contributed by atoms with Crippen molar-refractivity contribution in [2.45, 2.75) is 25.8 Å². The lowest BCUT2D eigenvalue weighted by molar-refractivity contribution is -0.121. The Morgan fingerprint density at radius 2 is 2.33 bits per heavy atom. The van der Waals surface area contributed by atoms with Crippen LogP contribution < -0.4 is 11.1 Å². The number of hydrogen-bond acceptors (Lipinski definition) is 3. The first kappa shape index (κ1) is 11.8. The van der Waals surface area contributed by atoms with E-state index in [0.29, 0.717) is 6.42 Å². The quantitative estimate of drug-likeness (QED) is 0.603. The van der Waals surface area contributed by atoms with Crippen LogP contribution in [0, 0.1) is 0 Å². The molecule has 4 heteroatoms. The van der Waals surface area contributed by atoms with Gasteiger partial charge in [-0.05, 0) is 25.4 Å². The number of hydrogen-bond donors (Lipinski definition) is 2. The van der Waals surface area contributed by atoms with Crippen LogP contribution in [0.4, 0.5) is 0 Å². The number of amides is 1. The van der Waals surface area contributed by atoms with Gasteiger partial charge in [-0.1, -0.05) is 0 Å². The number of rotatable bonds is 6. The highest BCUT2D eigenvalue weighted by Gasteiger charge is 2.02. The van der Waals surface area contributed by atoms with Gasteiger partial charge in [0.1, 0.15) is 0 Å². The van der Waals surface area contributed by atoms with Crippen LogP contribution in [0.3, 0.4) is 0 Å². The van der Waals surface area contributed by atoms with Crippen molar-refractivity contribution in [3.63, 3.8) is 0 Å². The van der Waals surface area contributed by atoms with E-state index < -0.39 is 0 Å². The molecule has 72 valence electrons. The molecule has 3 nitrogen and oxygen atoms in total. The van der Waals surface area contributed by atoms with Crippen LogP contribution in [-0.2, 0) is 4.79 Å². The summed E-state index contributed by atoms with van der Waals surface area (Å²) in [6.45, 7) is 2.61. The van der Waals surface area contributed by atoms with E-state index in [4.69, 9.17) is 5.73 Å². The lowest BCUT2D eigenvalue weighted by Crippen LogP contribution is -2.30. The molecule has 0 aliphatic rings. The van der Waals surface area contributed by atoms with Gasteiger partial charge in [0.25, 0.3) is 0 Å². The molecule has 12 heavy (non-hydrogen) atoms. The second kappa shape index (κ2) is 7.43. The Hall–Kier alpha value is -0.220. The predicted molar refractivity (Wildman–Crippen MR) is 54.3 cm³/mol. The van der Waals surface area contributed by atoms with Crippen LogP contribution >= 0.6 is 11.8 Å². The van der Waals surface area contributed by atoms with E-state index in [2.05, 4.69) is 11.6 Å². The van der Waals surface area contributed by atoms with E-state index in [1.807, 2.05) is 6.92 Å². The van der Waals surface area contributed by atoms with Gasteiger partial charge in [-0.25, -0.2) is 0 Å². The van der Waals surface area contributed by atoms with Gasteiger partial charge in [0.05, 0.1) is 0 Å². The molecule has 0 aliphatic heterocycles. The fraction of sp³-hybridized carbons (Fsp3) is 0.875. The summed E-state index contributed by atoms with van der Waals surface area (Å²) in [5, 5.41) is 2.82. The molecule has 0 heterocycles. The van der Waals surface area contributed by atoms with Crippen LogP contribution in [0.5, 0.6) is 0 Å². The van der Waals surface area contributed by atoms with Crippen molar-refractivity contribution >= 4 is 17.7 Å². The maximum Gasteiger partial charge on any atom is 0.221 e. The van der Waals surface area contributed by atoms with Gasteiger partial charge in [-0.15, -0.1) is 0 Å². The van der Waals surface area contributed by atoms with Gasteiger partial charge in [-0.3, -0.25) is 4.79 Å². The molecule has 0 spiro atoms. The average molecular weight is 190 g/mol. The maximum atomic E-state index is 11.0. The highest BCUT2D eigenvalue weighted by atomic mass is 32.2. The first-order chi connectivity index (χ1) is 5.66. The van der Waals surface area contributed by atoms with Gasteiger partial charge in [0.2, 0.25) is 5.91 Å². The monoisotopic (exact) mass is 190 g/mol. The van der Waals surface area contributed by atoms with E-state index in [1.165, 1.54) is 0 Å². The molecule has 1 amide bonds. The Labute approximate surface area is 78.5 Å². The van der Waals surface area contributed by atoms with Crippen molar-refractivity contribution < 1.29 is 4.79 Å². The zero-order valence-electron chi connectivity index (χ0n) is 7.80. The molecule has 0 aromatic heterocycles. The number of thioether (sulfide) groups is 1. The number of carbonyl (C=O) groups excluding carboxylic acids is 1. The third kappa shape index (κ3) is 7.88. The van der Waals surface area contributed by atoms with Crippen molar-refractivity contribution in [3.05, 3.63) is 0 Å². The van der Waals surface area contributed by atoms with Crippen molar-refractivity contribution in [2.75, 3.05) is 18.6 Å². The highest BCUT2D eigenvalue weighted by molar-refractivity contribution is 7.98. The minimum atomic E-state index is -0.0365. The standard InChI is InChI=1S/C8H18N2OS/c1-7(9)6-8(11)10-4-3-5-12-2/h7H,3-6,9H2,1-2H3,(H,10,11). The van der Waals surface area contributed by atoms with E-state index in [9.17, 15) is 4.79 Å². The van der Waals surface area contributed by atoms with E-state index >= 15 is 0 Å². The molecule has 1 atom stereocenters. The first-order valence-electron chi connectivity index (χ1n) is 4.18. The lowest BCUT2D eigenvalue weighted by atomic mass is 10.2. The van der Waals surface area contributed by atoms with Crippen LogP contribution in [0.15, 0.2) is 0 Å². The first-order valence-corrected chi connectivity index (χ1v) is 5.57. The summed E-state index contributed by atoms with van der Waals surface area (Å²) in [6, 6.07) is -0.0365. The molecule has 3 N–H and O–H groups in total. The molecule has 0 aromatic rings. The predicted octanol–water partition coefficient (Wildman–Crippen LogP) is 0.593. The summed E-state index contributed by atoms with van der Waals surface area (Å²) in [4.78, 5) is 11.0. The Morgan fingerprint density at radius 1 is 1.67 bits per heavy atom. The minimum absolute atomic E-state index is 0.0365. The fourth-order valence-electron chi connectivity index (χ4n) is 0.809. The fourth-order valence-corrected chi connectivity index (χ4v) is 1.24. The Balaban J connectivity index is 3.20. The molecule has 0 saturated carbocycles. The number of nitrogens with two attached hydrogens (primary N) is 1. The largest absolute Gasteiger partial charge is 0.356 e. The van der Waals surface area contributed by atoms with Gasteiger partial charge >= 0.3 is 0 Å². The normalized spacial score (nSPS) is 12.6. The molecule has 0 aliphatic carbocycles. The molecular formula is C8H18N2OS. The van der Waals surface area contributed by atoms with Crippen LogP contribution in [-0.4, -0.2) is 30.5 Å². The number of carbonyl (C=O) groups is 1. The zero-order chi connectivity index (χ0) is 9.40. The van der Waals surface area contributed by atoms with E-state index in [1.54, 1.807) is 11.8 Å². The second-order valence-electron chi connectivity index (χ2n) is 2.88. The molecule has 1 unspecified atom stereocenters. The summed E-state index contributed by atoms with van der Waals surface area (Å²) in [6.07, 6.45) is 3.52. The zero-order valence-corrected chi connectivity index (χ0v) is 8.62. The Bertz CT molecular complexity index is 128. The summed E-state index contributed by atoms with van der Waals surface area (Å²) in [5.74, 6) is 1.16. The van der Waals surface area contributed by atoms with Gasteiger partial charge < -0.3 is 11.1 Å². The van der Waals surface area contributed by atoms with Crippen LogP contribution in [0.25, 0.3) is 0 Å². The Kier molecular flexibility index (Phi) is 7.29. The molecule has 0 saturated heterocycles. The summed E-state index contributed by atoms with van der Waals surface area (Å²) >= 11 is 1.79. The minimum Gasteiger partial charge on any atom is -0.356 e. The second-order valence-corrected chi connectivity index (χ2v) is 3.86. The smallest absolute Gasteiger partial charge is 0.221 e. The van der Waals surface area contributed by atoms with Crippen molar-refractivity contribution in [2.24, 2.45) is 5.73 Å². The van der Waals surface area contributed by atoms with Crippen molar-refractivity contribution in [1.29, 1.82) is 0 Å². The third-order valence-electron chi connectivity index (χ3n) is 1.35. The third-order valence-corrected chi connectivity index (χ3v) is 2.05. The highest BCUT2D eigenvalue weighted by Crippen LogP contribution is 1.93. The molecule has 0 rings (SSSR count). The molecule has 0 aromatic carbocycles. The average Bonchev–Trinajstić information content (AvgIpc) is 1.97. The summed E-state index contributed by atoms with van der Waals surface area (Å²) in [5.41, 5.74) is 5.46. The topological polar surface area (TPSA) is 55.1 Å². The van der Waals surface area contributed by atoms with E-state index in [0.717, 1.165) is 18.7 Å². The molecule has 0 radical (unpaired) electrons.